The van der Waals surface area contributed by atoms with Crippen molar-refractivity contribution in [1.29, 1.82) is 0 Å². The Balaban J connectivity index is 1.35. The minimum Gasteiger partial charge on any atom is -0.370 e. The molecule has 350 valence electrons. The largest absolute Gasteiger partial charge is 0.370 e. The molecule has 2 aliphatic rings. The van der Waals surface area contributed by atoms with Crippen molar-refractivity contribution in [1.82, 2.24) is 41.4 Å². The van der Waals surface area contributed by atoms with Gasteiger partial charge in [-0.2, -0.15) is 0 Å². The Hall–Kier alpha value is -7.24. The molecule has 2 fully saturated rings. The van der Waals surface area contributed by atoms with Crippen LogP contribution in [0.2, 0.25) is 0 Å². The second kappa shape index (κ2) is 23.1. The van der Waals surface area contributed by atoms with Crippen molar-refractivity contribution in [3.8, 4) is 0 Å². The Kier molecular flexibility index (Phi) is 16.9. The predicted octanol–water partition coefficient (Wildman–Crippen LogP) is 0.937. The Morgan fingerprint density at radius 1 is 0.803 bits per heavy atom. The molecule has 18 heteroatoms. The smallest absolute Gasteiger partial charge is 0.245 e. The van der Waals surface area contributed by atoms with E-state index in [1.54, 1.807) is 6.20 Å². The third kappa shape index (κ3) is 12.9. The van der Waals surface area contributed by atoms with Crippen molar-refractivity contribution in [3.05, 3.63) is 108 Å². The average molecular weight is 904 g/mol. The van der Waals surface area contributed by atoms with Crippen LogP contribution in [0.1, 0.15) is 62.1 Å². The molecule has 2 aliphatic heterocycles. The summed E-state index contributed by atoms with van der Waals surface area (Å²) in [6.07, 6.45) is 3.58. The first-order valence-electron chi connectivity index (χ1n) is 22.5. The maximum absolute atomic E-state index is 14.8. The van der Waals surface area contributed by atoms with Crippen molar-refractivity contribution in [2.45, 2.75) is 101 Å². The van der Waals surface area contributed by atoms with Gasteiger partial charge in [0, 0.05) is 70.0 Å². The van der Waals surface area contributed by atoms with E-state index in [1.807, 2.05) is 84.9 Å². The molecule has 10 N–H and O–H groups in total. The summed E-state index contributed by atoms with van der Waals surface area (Å²) in [5, 5.41) is 15.1. The number of carbonyl (C=O) groups excluding carboxylic acids is 7. The van der Waals surface area contributed by atoms with Gasteiger partial charge in [0.1, 0.15) is 36.3 Å². The highest BCUT2D eigenvalue weighted by Crippen LogP contribution is 2.24. The van der Waals surface area contributed by atoms with E-state index in [9.17, 15) is 33.6 Å². The first kappa shape index (κ1) is 48.2. The summed E-state index contributed by atoms with van der Waals surface area (Å²) in [5.41, 5.74) is 14.2. The van der Waals surface area contributed by atoms with Gasteiger partial charge in [-0.15, -0.1) is 0 Å². The zero-order valence-electron chi connectivity index (χ0n) is 37.5. The zero-order chi connectivity index (χ0) is 47.2. The van der Waals surface area contributed by atoms with Crippen LogP contribution in [-0.4, -0.2) is 125 Å². The second-order valence-corrected chi connectivity index (χ2v) is 16.9. The van der Waals surface area contributed by atoms with Crippen LogP contribution >= 0.6 is 0 Å². The van der Waals surface area contributed by atoms with Crippen LogP contribution in [0.15, 0.2) is 96.1 Å². The molecule has 6 rings (SSSR count). The third-order valence-corrected chi connectivity index (χ3v) is 12.1. The van der Waals surface area contributed by atoms with E-state index in [2.05, 4.69) is 36.6 Å². The summed E-state index contributed by atoms with van der Waals surface area (Å²) in [4.78, 5) is 109. The summed E-state index contributed by atoms with van der Waals surface area (Å²) >= 11 is 0. The van der Waals surface area contributed by atoms with Crippen molar-refractivity contribution < 1.29 is 33.6 Å². The number of aromatic nitrogens is 1. The molecule has 4 aromatic rings. The number of aliphatic imine (C=N–C) groups is 1. The number of benzene rings is 3. The summed E-state index contributed by atoms with van der Waals surface area (Å²) in [6.45, 7) is 1.76. The van der Waals surface area contributed by atoms with Crippen LogP contribution in [0.25, 0.3) is 10.9 Å². The van der Waals surface area contributed by atoms with Gasteiger partial charge in [0.15, 0.2) is 5.96 Å². The van der Waals surface area contributed by atoms with Crippen molar-refractivity contribution in [2.24, 2.45) is 16.5 Å². The number of H-pyrrole nitrogens is 1. The van der Waals surface area contributed by atoms with Crippen LogP contribution < -0.4 is 38.1 Å². The van der Waals surface area contributed by atoms with Gasteiger partial charge >= 0.3 is 0 Å². The monoisotopic (exact) mass is 903 g/mol. The molecule has 0 radical (unpaired) electrons. The van der Waals surface area contributed by atoms with E-state index in [1.165, 1.54) is 23.8 Å². The molecular weight excluding hydrogens is 843 g/mol. The van der Waals surface area contributed by atoms with E-state index in [0.29, 0.717) is 19.3 Å². The van der Waals surface area contributed by atoms with Crippen molar-refractivity contribution in [3.63, 3.8) is 0 Å². The number of para-hydroxylation sites is 1. The highest BCUT2D eigenvalue weighted by molar-refractivity contribution is 5.98. The van der Waals surface area contributed by atoms with Gasteiger partial charge in [-0.1, -0.05) is 78.9 Å². The Morgan fingerprint density at radius 2 is 1.48 bits per heavy atom. The normalized spacial score (nSPS) is 21.7. The average Bonchev–Trinajstić information content (AvgIpc) is 3.97. The fourth-order valence-electron chi connectivity index (χ4n) is 8.64. The van der Waals surface area contributed by atoms with Crippen molar-refractivity contribution >= 4 is 58.2 Å². The van der Waals surface area contributed by atoms with Crippen LogP contribution in [0.3, 0.4) is 0 Å². The lowest BCUT2D eigenvalue weighted by molar-refractivity contribution is -0.148. The van der Waals surface area contributed by atoms with Gasteiger partial charge in [0.2, 0.25) is 41.4 Å². The fourth-order valence-corrected chi connectivity index (χ4v) is 8.64. The second-order valence-electron chi connectivity index (χ2n) is 16.9. The van der Waals surface area contributed by atoms with Gasteiger partial charge in [-0.05, 0) is 61.3 Å². The number of hydrogen-bond acceptors (Lipinski definition) is 8. The molecule has 3 heterocycles. The number of fused-ring (bicyclic) bond motifs is 2. The number of aromatic amines is 1. The van der Waals surface area contributed by atoms with Crippen molar-refractivity contribution in [2.75, 3.05) is 26.7 Å². The van der Waals surface area contributed by atoms with E-state index < -0.39 is 77.6 Å². The molecule has 2 saturated heterocycles. The molecule has 7 amide bonds. The van der Waals surface area contributed by atoms with E-state index >= 15 is 0 Å². The fraction of sp³-hybridized carbons (Fsp3) is 0.417. The SMILES string of the molecule is CC(=O)N[C@@H](Cc1ccccc1)C(=O)NC1CCCNC(=O)[C@H](CCCN=C(N)N)NC(=O)[C@H](Cc2c[nH]c3ccccc23)NC(=O)[C@@H](Cc2ccccc2)N(C)C(=O)[C@@H]2CCCN2C1=O. The zero-order valence-corrected chi connectivity index (χ0v) is 37.5. The Labute approximate surface area is 384 Å². The lowest BCUT2D eigenvalue weighted by Crippen LogP contribution is -2.60. The lowest BCUT2D eigenvalue weighted by atomic mass is 10.00. The summed E-state index contributed by atoms with van der Waals surface area (Å²) in [6, 6.07) is 19.3. The molecule has 0 spiro atoms. The Morgan fingerprint density at radius 3 is 2.20 bits per heavy atom. The quantitative estimate of drug-likeness (QED) is 0.0539. The van der Waals surface area contributed by atoms with E-state index in [0.717, 1.165) is 27.6 Å². The lowest BCUT2D eigenvalue weighted by Gasteiger charge is -2.35. The highest BCUT2D eigenvalue weighted by atomic mass is 16.2. The van der Waals surface area contributed by atoms with E-state index in [-0.39, 0.29) is 64.1 Å². The number of nitrogens with zero attached hydrogens (tertiary/aromatic N) is 3. The molecule has 1 aromatic heterocycles. The van der Waals surface area contributed by atoms with Crippen LogP contribution in [0.4, 0.5) is 0 Å². The number of carbonyl (C=O) groups is 7. The van der Waals surface area contributed by atoms with Crippen LogP contribution in [0.5, 0.6) is 0 Å². The standard InChI is InChI=1S/C48H61N11O7/c1-30(60)54-38(26-31-14-5-3-6-15-31)43(62)56-37-21-12-23-51-42(61)36(20-11-24-52-48(49)50)55-44(63)39(28-33-29-53-35-19-10-9-18-34(33)35)57-45(64)41(27-32-16-7-4-8-17-32)58(2)47(66)40-22-13-25-59(40)46(37)65/h3-10,14-19,29,36-41,53H,11-13,20-28H2,1-2H3,(H,51,61)(H,54,60)(H,55,63)(H,56,62)(H,57,64)(H4,49,50,52)/t36-,37?,38-,39-,40-,41+/m0/s1. The number of amides is 7. The van der Waals surface area contributed by atoms with Crippen LogP contribution in [-0.2, 0) is 52.8 Å². The minimum absolute atomic E-state index is 0.0474. The molecule has 6 atom stereocenters. The molecule has 0 saturated carbocycles. The summed E-state index contributed by atoms with van der Waals surface area (Å²) in [5.74, 6) is -3.89. The number of nitrogens with one attached hydrogen (secondary N) is 6. The van der Waals surface area contributed by atoms with Crippen LogP contribution in [0, 0.1) is 0 Å². The van der Waals surface area contributed by atoms with Gasteiger partial charge < -0.3 is 52.8 Å². The molecular formula is C48H61N11O7. The number of guanidine groups is 1. The maximum Gasteiger partial charge on any atom is 0.245 e. The van der Waals surface area contributed by atoms with Gasteiger partial charge in [0.25, 0.3) is 0 Å². The number of nitrogens with two attached hydrogens (primary N) is 2. The molecule has 1 unspecified atom stereocenters. The molecule has 0 aliphatic carbocycles. The first-order valence-corrected chi connectivity index (χ1v) is 22.5. The number of rotatable bonds is 13. The topological polar surface area (TPSA) is 266 Å². The van der Waals surface area contributed by atoms with Gasteiger partial charge in [0.05, 0.1) is 0 Å². The molecule has 18 nitrogen and oxygen atoms in total. The predicted molar refractivity (Wildman–Crippen MR) is 249 cm³/mol. The number of hydrogen-bond donors (Lipinski definition) is 8. The van der Waals surface area contributed by atoms with Gasteiger partial charge in [-0.3, -0.25) is 38.6 Å². The van der Waals surface area contributed by atoms with Gasteiger partial charge in [-0.25, -0.2) is 0 Å². The van der Waals surface area contributed by atoms with E-state index in [4.69, 9.17) is 11.5 Å². The summed E-state index contributed by atoms with van der Waals surface area (Å²) in [7, 11) is 1.52. The number of likely N-dealkylation sites (N-methyl/N-ethyl adjacent to an activating group) is 1. The molecule has 0 bridgehead atoms. The third-order valence-electron chi connectivity index (χ3n) is 12.1. The summed E-state index contributed by atoms with van der Waals surface area (Å²) < 4.78 is 0. The highest BCUT2D eigenvalue weighted by Gasteiger charge is 2.42. The maximum atomic E-state index is 14.8. The molecule has 66 heavy (non-hydrogen) atoms. The minimum atomic E-state index is -1.19. The molecule has 3 aromatic carbocycles. The Bertz CT molecular complexity index is 2370. The first-order chi connectivity index (χ1) is 31.8.